The molecule has 0 amide bonds. The third kappa shape index (κ3) is 5.01. The van der Waals surface area contributed by atoms with Gasteiger partial charge in [-0.15, -0.1) is 11.3 Å². The van der Waals surface area contributed by atoms with Crippen LogP contribution in [0.5, 0.6) is 0 Å². The summed E-state index contributed by atoms with van der Waals surface area (Å²) < 4.78 is 31.5. The van der Waals surface area contributed by atoms with Crippen LogP contribution in [0.25, 0.3) is 21.3 Å². The van der Waals surface area contributed by atoms with Gasteiger partial charge >= 0.3 is 5.97 Å². The second kappa shape index (κ2) is 8.89. The van der Waals surface area contributed by atoms with Crippen LogP contribution in [0.3, 0.4) is 0 Å². The number of pyridine rings is 1. The van der Waals surface area contributed by atoms with Gasteiger partial charge < -0.3 is 10.1 Å². The predicted molar refractivity (Wildman–Crippen MR) is 125 cm³/mol. The second-order valence-electron chi connectivity index (χ2n) is 6.82. The Morgan fingerprint density at radius 3 is 2.78 bits per heavy atom. The lowest BCUT2D eigenvalue weighted by Gasteiger charge is -2.08. The number of nitrogens with one attached hydrogen (secondary N) is 2. The van der Waals surface area contributed by atoms with Crippen molar-refractivity contribution in [1.29, 1.82) is 0 Å². The van der Waals surface area contributed by atoms with Crippen molar-refractivity contribution in [3.05, 3.63) is 59.9 Å². The summed E-state index contributed by atoms with van der Waals surface area (Å²) in [7, 11) is -3.38. The summed E-state index contributed by atoms with van der Waals surface area (Å²) in [6.45, 7) is 2.01. The topological polar surface area (TPSA) is 123 Å². The SMILES string of the molecule is CCOC(=O)c1cncc(Nc2ncc3scc(-c4cccc(NS(C)(=O)=O)c4)c3n2)c1. The van der Waals surface area contributed by atoms with E-state index in [1.807, 2.05) is 11.4 Å². The Kier molecular flexibility index (Phi) is 6.01. The van der Waals surface area contributed by atoms with Crippen molar-refractivity contribution in [3.63, 3.8) is 0 Å². The first-order valence-corrected chi connectivity index (χ1v) is 12.3. The molecule has 0 aliphatic carbocycles. The molecule has 4 rings (SSSR count). The number of fused-ring (bicyclic) bond motifs is 1. The Bertz CT molecular complexity index is 1400. The van der Waals surface area contributed by atoms with Crippen LogP contribution in [-0.4, -0.2) is 42.2 Å². The van der Waals surface area contributed by atoms with Gasteiger partial charge in [-0.05, 0) is 30.7 Å². The van der Waals surface area contributed by atoms with Crippen LogP contribution >= 0.6 is 11.3 Å². The molecule has 0 fully saturated rings. The number of aromatic nitrogens is 3. The van der Waals surface area contributed by atoms with Gasteiger partial charge in [-0.3, -0.25) is 9.71 Å². The first kappa shape index (κ1) is 21.7. The molecular formula is C21H19N5O4S2. The first-order valence-electron chi connectivity index (χ1n) is 9.54. The highest BCUT2D eigenvalue weighted by Gasteiger charge is 2.13. The van der Waals surface area contributed by atoms with E-state index in [4.69, 9.17) is 4.74 Å². The number of esters is 1. The Balaban J connectivity index is 1.65. The monoisotopic (exact) mass is 469 g/mol. The minimum Gasteiger partial charge on any atom is -0.462 e. The molecule has 11 heteroatoms. The lowest BCUT2D eigenvalue weighted by atomic mass is 10.1. The minimum atomic E-state index is -3.38. The van der Waals surface area contributed by atoms with Gasteiger partial charge in [0.05, 0.1) is 46.7 Å². The van der Waals surface area contributed by atoms with Crippen LogP contribution in [0.15, 0.2) is 54.3 Å². The maximum absolute atomic E-state index is 11.9. The maximum Gasteiger partial charge on any atom is 0.339 e. The number of hydrogen-bond donors (Lipinski definition) is 2. The predicted octanol–water partition coefficient (Wildman–Crippen LogP) is 4.05. The molecule has 3 heterocycles. The highest BCUT2D eigenvalue weighted by Crippen LogP contribution is 2.34. The van der Waals surface area contributed by atoms with Gasteiger partial charge in [0.15, 0.2) is 0 Å². The van der Waals surface area contributed by atoms with Gasteiger partial charge in [0.25, 0.3) is 0 Å². The average Bonchev–Trinajstić information content (AvgIpc) is 3.16. The quantitative estimate of drug-likeness (QED) is 0.389. The van der Waals surface area contributed by atoms with Crippen molar-refractivity contribution in [2.75, 3.05) is 22.9 Å². The fourth-order valence-corrected chi connectivity index (χ4v) is 4.45. The molecule has 0 saturated carbocycles. The zero-order valence-electron chi connectivity index (χ0n) is 17.2. The van der Waals surface area contributed by atoms with Gasteiger partial charge in [-0.25, -0.2) is 23.2 Å². The van der Waals surface area contributed by atoms with E-state index in [1.165, 1.54) is 17.5 Å². The lowest BCUT2D eigenvalue weighted by Crippen LogP contribution is -2.09. The van der Waals surface area contributed by atoms with Gasteiger partial charge in [-0.2, -0.15) is 0 Å². The Morgan fingerprint density at radius 2 is 2.00 bits per heavy atom. The molecule has 0 aliphatic heterocycles. The molecule has 0 spiro atoms. The van der Waals surface area contributed by atoms with Crippen LogP contribution in [0.2, 0.25) is 0 Å². The molecule has 164 valence electrons. The number of ether oxygens (including phenoxy) is 1. The number of thiophene rings is 1. The van der Waals surface area contributed by atoms with Gasteiger partial charge in [0, 0.05) is 22.8 Å². The molecule has 1 aromatic carbocycles. The summed E-state index contributed by atoms with van der Waals surface area (Å²) >= 11 is 1.49. The minimum absolute atomic E-state index is 0.276. The second-order valence-corrected chi connectivity index (χ2v) is 9.48. The summed E-state index contributed by atoms with van der Waals surface area (Å²) in [6.07, 6.45) is 5.81. The summed E-state index contributed by atoms with van der Waals surface area (Å²) in [5.74, 6) is -0.117. The third-order valence-electron chi connectivity index (χ3n) is 4.30. The fraction of sp³-hybridized carbons (Fsp3) is 0.143. The van der Waals surface area contributed by atoms with Crippen molar-refractivity contribution >= 4 is 54.9 Å². The number of anilines is 3. The molecule has 32 heavy (non-hydrogen) atoms. The smallest absolute Gasteiger partial charge is 0.339 e. The molecule has 0 bridgehead atoms. The zero-order valence-corrected chi connectivity index (χ0v) is 18.8. The number of rotatable bonds is 7. The Hall–Kier alpha value is -3.57. The Morgan fingerprint density at radius 1 is 1.16 bits per heavy atom. The first-order chi connectivity index (χ1) is 15.3. The van der Waals surface area contributed by atoms with Crippen LogP contribution in [0, 0.1) is 0 Å². The summed E-state index contributed by atoms with van der Waals surface area (Å²) in [6, 6.07) is 8.72. The van der Waals surface area contributed by atoms with E-state index < -0.39 is 16.0 Å². The van der Waals surface area contributed by atoms with Crippen LogP contribution in [0.1, 0.15) is 17.3 Å². The molecule has 0 radical (unpaired) electrons. The molecule has 4 aromatic rings. The molecule has 2 N–H and O–H groups in total. The van der Waals surface area contributed by atoms with Gasteiger partial charge in [-0.1, -0.05) is 12.1 Å². The van der Waals surface area contributed by atoms with E-state index >= 15 is 0 Å². The van der Waals surface area contributed by atoms with E-state index in [1.54, 1.807) is 43.6 Å². The molecule has 9 nitrogen and oxygen atoms in total. The average molecular weight is 470 g/mol. The van der Waals surface area contributed by atoms with Crippen LogP contribution in [0.4, 0.5) is 17.3 Å². The molecule has 0 aliphatic rings. The van der Waals surface area contributed by atoms with Crippen LogP contribution < -0.4 is 10.0 Å². The fourth-order valence-electron chi connectivity index (χ4n) is 3.02. The lowest BCUT2D eigenvalue weighted by molar-refractivity contribution is 0.0526. The number of carbonyl (C=O) groups is 1. The van der Waals surface area contributed by atoms with E-state index in [0.717, 1.165) is 27.6 Å². The number of sulfonamides is 1. The summed E-state index contributed by atoms with van der Waals surface area (Å²) in [4.78, 5) is 25.0. The summed E-state index contributed by atoms with van der Waals surface area (Å²) in [5, 5.41) is 5.01. The molecule has 0 atom stereocenters. The van der Waals surface area contributed by atoms with E-state index in [0.29, 0.717) is 22.9 Å². The maximum atomic E-state index is 11.9. The van der Waals surface area contributed by atoms with E-state index in [-0.39, 0.29) is 6.61 Å². The molecule has 0 saturated heterocycles. The van der Waals surface area contributed by atoms with Gasteiger partial charge in [0.2, 0.25) is 16.0 Å². The van der Waals surface area contributed by atoms with Crippen molar-refractivity contribution in [2.45, 2.75) is 6.92 Å². The number of benzene rings is 1. The van der Waals surface area contributed by atoms with Gasteiger partial charge in [0.1, 0.15) is 0 Å². The standard InChI is InChI=1S/C21H19N5O4S2/c1-3-30-20(27)14-8-16(10-22-9-14)24-21-23-11-18-19(25-21)17(12-31-18)13-5-4-6-15(7-13)26-32(2,28)29/h4-12,26H,3H2,1-2H3,(H,23,24,25). The van der Waals surface area contributed by atoms with Crippen molar-refractivity contribution < 1.29 is 17.9 Å². The largest absolute Gasteiger partial charge is 0.462 e. The molecule has 0 unspecified atom stereocenters. The molecular weight excluding hydrogens is 450 g/mol. The Labute approximate surface area is 188 Å². The van der Waals surface area contributed by atoms with Crippen molar-refractivity contribution in [3.8, 4) is 11.1 Å². The van der Waals surface area contributed by atoms with E-state index in [2.05, 4.69) is 25.0 Å². The summed E-state index contributed by atoms with van der Waals surface area (Å²) in [5.41, 5.74) is 3.74. The highest BCUT2D eigenvalue weighted by atomic mass is 32.2. The van der Waals surface area contributed by atoms with E-state index in [9.17, 15) is 13.2 Å². The normalized spacial score (nSPS) is 11.3. The molecule has 3 aromatic heterocycles. The van der Waals surface area contributed by atoms with Crippen molar-refractivity contribution in [2.24, 2.45) is 0 Å². The van der Waals surface area contributed by atoms with Crippen LogP contribution in [-0.2, 0) is 14.8 Å². The zero-order chi connectivity index (χ0) is 22.7. The highest BCUT2D eigenvalue weighted by molar-refractivity contribution is 7.92. The number of nitrogens with zero attached hydrogens (tertiary/aromatic N) is 3. The number of carbonyl (C=O) groups excluding carboxylic acids is 1. The van der Waals surface area contributed by atoms with Crippen molar-refractivity contribution in [1.82, 2.24) is 15.0 Å². The third-order valence-corrected chi connectivity index (χ3v) is 5.81. The number of hydrogen-bond acceptors (Lipinski definition) is 9.